The molecule has 2 aromatic heterocycles. The van der Waals surface area contributed by atoms with Crippen LogP contribution in [0.2, 0.25) is 5.15 Å². The Kier molecular flexibility index (Phi) is 5.29. The van der Waals surface area contributed by atoms with Crippen molar-refractivity contribution in [2.45, 2.75) is 13.2 Å². The van der Waals surface area contributed by atoms with Crippen LogP contribution in [-0.4, -0.2) is 34.2 Å². The fraction of sp³-hybridized carbons (Fsp3) is 0.211. The molecular weight excluding hydrogens is 382 g/mol. The molecular formula is C19H18ClN5O3. The molecule has 0 radical (unpaired) electrons. The lowest BCUT2D eigenvalue weighted by atomic mass is 10.2. The molecule has 3 heterocycles. The van der Waals surface area contributed by atoms with Crippen molar-refractivity contribution >= 4 is 29.1 Å². The summed E-state index contributed by atoms with van der Waals surface area (Å²) in [5.41, 5.74) is 3.21. The highest BCUT2D eigenvalue weighted by atomic mass is 35.5. The molecule has 8 nitrogen and oxygen atoms in total. The number of anilines is 2. The molecule has 2 N–H and O–H groups in total. The maximum atomic E-state index is 12.1. The molecule has 1 aliphatic rings. The zero-order valence-corrected chi connectivity index (χ0v) is 15.6. The highest BCUT2D eigenvalue weighted by Crippen LogP contribution is 2.34. The number of hydrogen-bond acceptors (Lipinski definition) is 6. The number of halogens is 1. The van der Waals surface area contributed by atoms with E-state index in [-0.39, 0.29) is 6.61 Å². The Balaban J connectivity index is 1.42. The van der Waals surface area contributed by atoms with Crippen molar-refractivity contribution in [1.82, 2.24) is 15.0 Å². The number of fused-ring (bicyclic) bond motifs is 1. The SMILES string of the molecule is O=C(Nc1ccc2c(c1)N(Cc1c[nH]cn1)CCO2)OCc1ccnc(Cl)c1. The maximum Gasteiger partial charge on any atom is 0.411 e. The Bertz CT molecular complexity index is 964. The van der Waals surface area contributed by atoms with Crippen molar-refractivity contribution < 1.29 is 14.3 Å². The van der Waals surface area contributed by atoms with Gasteiger partial charge in [0.25, 0.3) is 0 Å². The van der Waals surface area contributed by atoms with Crippen LogP contribution in [0.1, 0.15) is 11.3 Å². The number of pyridine rings is 1. The highest BCUT2D eigenvalue weighted by Gasteiger charge is 2.20. The van der Waals surface area contributed by atoms with E-state index in [9.17, 15) is 4.79 Å². The minimum atomic E-state index is -0.552. The van der Waals surface area contributed by atoms with Crippen LogP contribution in [0.3, 0.4) is 0 Å². The van der Waals surface area contributed by atoms with Crippen LogP contribution in [0.4, 0.5) is 16.2 Å². The van der Waals surface area contributed by atoms with Crippen LogP contribution < -0.4 is 15.0 Å². The zero-order valence-electron chi connectivity index (χ0n) is 14.9. The second-order valence-electron chi connectivity index (χ2n) is 6.20. The molecule has 0 fully saturated rings. The third kappa shape index (κ3) is 4.34. The van der Waals surface area contributed by atoms with Crippen molar-refractivity contribution in [2.75, 3.05) is 23.4 Å². The lowest BCUT2D eigenvalue weighted by molar-refractivity contribution is 0.155. The van der Waals surface area contributed by atoms with Gasteiger partial charge in [0.2, 0.25) is 0 Å². The quantitative estimate of drug-likeness (QED) is 0.637. The van der Waals surface area contributed by atoms with Gasteiger partial charge < -0.3 is 19.4 Å². The van der Waals surface area contributed by atoms with Crippen LogP contribution in [0, 0.1) is 0 Å². The number of imidazole rings is 1. The number of carbonyl (C=O) groups is 1. The highest BCUT2D eigenvalue weighted by molar-refractivity contribution is 6.29. The summed E-state index contributed by atoms with van der Waals surface area (Å²) in [5.74, 6) is 0.770. The number of hydrogen-bond donors (Lipinski definition) is 2. The Morgan fingerprint density at radius 2 is 2.25 bits per heavy atom. The predicted octanol–water partition coefficient (Wildman–Crippen LogP) is 3.61. The predicted molar refractivity (Wildman–Crippen MR) is 105 cm³/mol. The summed E-state index contributed by atoms with van der Waals surface area (Å²) in [7, 11) is 0. The Labute approximate surface area is 166 Å². The smallest absolute Gasteiger partial charge is 0.411 e. The summed E-state index contributed by atoms with van der Waals surface area (Å²) in [4.78, 5) is 25.4. The second-order valence-corrected chi connectivity index (χ2v) is 6.59. The molecule has 1 amide bonds. The second kappa shape index (κ2) is 8.18. The van der Waals surface area contributed by atoms with Crippen LogP contribution in [0.15, 0.2) is 49.1 Å². The van der Waals surface area contributed by atoms with E-state index in [1.165, 1.54) is 0 Å². The first-order chi connectivity index (χ1) is 13.7. The van der Waals surface area contributed by atoms with Gasteiger partial charge in [-0.25, -0.2) is 14.8 Å². The van der Waals surface area contributed by atoms with Crippen molar-refractivity contribution in [3.05, 3.63) is 65.5 Å². The van der Waals surface area contributed by atoms with Crippen molar-refractivity contribution in [2.24, 2.45) is 0 Å². The van der Waals surface area contributed by atoms with E-state index in [0.717, 1.165) is 29.2 Å². The molecule has 1 aliphatic heterocycles. The summed E-state index contributed by atoms with van der Waals surface area (Å²) in [6.45, 7) is 2.08. The molecule has 144 valence electrons. The number of rotatable bonds is 5. The van der Waals surface area contributed by atoms with Crippen LogP contribution in [0.25, 0.3) is 0 Å². The van der Waals surface area contributed by atoms with Crippen molar-refractivity contribution in [1.29, 1.82) is 0 Å². The van der Waals surface area contributed by atoms with Gasteiger partial charge in [0, 0.05) is 18.1 Å². The van der Waals surface area contributed by atoms with Gasteiger partial charge in [0.15, 0.2) is 0 Å². The first-order valence-corrected chi connectivity index (χ1v) is 9.09. The standard InChI is InChI=1S/C19H18ClN5O3/c20-18-7-13(3-4-22-18)11-28-19(26)24-14-1-2-17-16(8-14)25(5-6-27-17)10-15-9-21-12-23-15/h1-4,7-9,12H,5-6,10-11H2,(H,21,23)(H,24,26). The molecule has 0 spiro atoms. The van der Waals surface area contributed by atoms with Crippen LogP contribution >= 0.6 is 11.6 Å². The average Bonchev–Trinajstić information content (AvgIpc) is 3.20. The Morgan fingerprint density at radius 1 is 1.32 bits per heavy atom. The zero-order chi connectivity index (χ0) is 19.3. The lowest BCUT2D eigenvalue weighted by Crippen LogP contribution is -2.32. The van der Waals surface area contributed by atoms with E-state index in [2.05, 4.69) is 25.2 Å². The molecule has 9 heteroatoms. The molecule has 0 unspecified atom stereocenters. The van der Waals surface area contributed by atoms with E-state index >= 15 is 0 Å². The van der Waals surface area contributed by atoms with Gasteiger partial charge in [0.1, 0.15) is 24.1 Å². The van der Waals surface area contributed by atoms with Gasteiger partial charge in [-0.15, -0.1) is 0 Å². The van der Waals surface area contributed by atoms with E-state index in [1.54, 1.807) is 30.7 Å². The van der Waals surface area contributed by atoms with Gasteiger partial charge >= 0.3 is 6.09 Å². The molecule has 1 aromatic carbocycles. The normalized spacial score (nSPS) is 12.8. The monoisotopic (exact) mass is 399 g/mol. The molecule has 0 saturated heterocycles. The Hall–Kier alpha value is -3.26. The van der Waals surface area contributed by atoms with Gasteiger partial charge in [0.05, 0.1) is 30.8 Å². The summed E-state index contributed by atoms with van der Waals surface area (Å²) in [5, 5.41) is 3.10. The summed E-state index contributed by atoms with van der Waals surface area (Å²) in [6, 6.07) is 8.87. The minimum absolute atomic E-state index is 0.105. The average molecular weight is 400 g/mol. The molecule has 4 rings (SSSR count). The first kappa shape index (κ1) is 18.1. The minimum Gasteiger partial charge on any atom is -0.490 e. The number of nitrogens with zero attached hydrogens (tertiary/aromatic N) is 3. The Morgan fingerprint density at radius 3 is 3.07 bits per heavy atom. The number of amides is 1. The van der Waals surface area contributed by atoms with E-state index < -0.39 is 6.09 Å². The molecule has 0 bridgehead atoms. The number of carbonyl (C=O) groups excluding carboxylic acids is 1. The van der Waals surface area contributed by atoms with Gasteiger partial charge in [-0.05, 0) is 35.9 Å². The lowest BCUT2D eigenvalue weighted by Gasteiger charge is -2.31. The number of aromatic amines is 1. The van der Waals surface area contributed by atoms with Crippen LogP contribution in [-0.2, 0) is 17.9 Å². The molecule has 28 heavy (non-hydrogen) atoms. The van der Waals surface area contributed by atoms with Crippen molar-refractivity contribution in [3.63, 3.8) is 0 Å². The fourth-order valence-electron chi connectivity index (χ4n) is 2.92. The summed E-state index contributed by atoms with van der Waals surface area (Å²) in [6.07, 6.45) is 4.53. The maximum absolute atomic E-state index is 12.1. The van der Waals surface area contributed by atoms with Gasteiger partial charge in [-0.1, -0.05) is 11.6 Å². The van der Waals surface area contributed by atoms with Gasteiger partial charge in [-0.3, -0.25) is 5.32 Å². The largest absolute Gasteiger partial charge is 0.490 e. The molecule has 3 aromatic rings. The number of H-pyrrole nitrogens is 1. The topological polar surface area (TPSA) is 92.4 Å². The van der Waals surface area contributed by atoms with Crippen molar-refractivity contribution in [3.8, 4) is 5.75 Å². The number of nitrogens with one attached hydrogen (secondary N) is 2. The van der Waals surface area contributed by atoms with E-state index in [1.807, 2.05) is 18.3 Å². The van der Waals surface area contributed by atoms with Crippen LogP contribution in [0.5, 0.6) is 5.75 Å². The molecule has 0 saturated carbocycles. The van der Waals surface area contributed by atoms with E-state index in [4.69, 9.17) is 21.1 Å². The number of ether oxygens (including phenoxy) is 2. The number of benzene rings is 1. The summed E-state index contributed by atoms with van der Waals surface area (Å²) >= 11 is 5.83. The first-order valence-electron chi connectivity index (χ1n) is 8.71. The fourth-order valence-corrected chi connectivity index (χ4v) is 3.12. The molecule has 0 aliphatic carbocycles. The molecule has 0 atom stereocenters. The summed E-state index contributed by atoms with van der Waals surface area (Å²) < 4.78 is 11.0. The third-order valence-electron chi connectivity index (χ3n) is 4.23. The van der Waals surface area contributed by atoms with Gasteiger partial charge in [-0.2, -0.15) is 0 Å². The number of aromatic nitrogens is 3. The van der Waals surface area contributed by atoms with E-state index in [0.29, 0.717) is 24.0 Å². The third-order valence-corrected chi connectivity index (χ3v) is 4.44.